The molecule has 3 rings (SSSR count). The summed E-state index contributed by atoms with van der Waals surface area (Å²) in [5.74, 6) is 0. The second kappa shape index (κ2) is 4.20. The van der Waals surface area contributed by atoms with E-state index in [9.17, 15) is 14.4 Å². The van der Waals surface area contributed by atoms with E-state index in [0.29, 0.717) is 11.1 Å². The molecule has 1 aliphatic heterocycles. The Morgan fingerprint density at radius 3 is 1.79 bits per heavy atom. The Hall–Kier alpha value is -1.61. The van der Waals surface area contributed by atoms with E-state index in [4.69, 9.17) is 0 Å². The summed E-state index contributed by atoms with van der Waals surface area (Å²) < 4.78 is 11.9. The van der Waals surface area contributed by atoms with E-state index in [1.165, 1.54) is 0 Å². The van der Waals surface area contributed by atoms with Gasteiger partial charge in [0.2, 0.25) is 0 Å². The lowest BCUT2D eigenvalue weighted by atomic mass is 9.95. The number of para-hydroxylation sites is 2. The molecule has 1 aliphatic rings. The molecule has 19 heavy (non-hydrogen) atoms. The Labute approximate surface area is 111 Å². The van der Waals surface area contributed by atoms with Crippen molar-refractivity contribution in [3.8, 4) is 0 Å². The quantitative estimate of drug-likeness (QED) is 0.785. The average molecular weight is 275 g/mol. The van der Waals surface area contributed by atoms with Gasteiger partial charge in [-0.25, -0.2) is 0 Å². The lowest BCUT2D eigenvalue weighted by molar-refractivity contribution is 0.364. The van der Waals surface area contributed by atoms with Gasteiger partial charge < -0.3 is 14.7 Å². The maximum Gasteiger partial charge on any atom is 0.337 e. The molecule has 0 saturated carbocycles. The molecule has 0 spiro atoms. The molecule has 2 aromatic rings. The summed E-state index contributed by atoms with van der Waals surface area (Å²) in [5.41, 5.74) is 2.16. The Bertz CT molecular complexity index is 632. The summed E-state index contributed by atoms with van der Waals surface area (Å²) >= 11 is 0. The van der Waals surface area contributed by atoms with Gasteiger partial charge in [-0.2, -0.15) is 0 Å². The van der Waals surface area contributed by atoms with Gasteiger partial charge in [0.1, 0.15) is 5.66 Å². The van der Waals surface area contributed by atoms with Gasteiger partial charge in [-0.05, 0) is 23.3 Å². The number of fused-ring (bicyclic) bond motifs is 2. The number of hydrogen-bond donors (Lipinski definition) is 2. The molecular weight excluding hydrogens is 261 g/mol. The Morgan fingerprint density at radius 2 is 1.37 bits per heavy atom. The lowest BCUT2D eigenvalue weighted by Crippen LogP contribution is -2.21. The van der Waals surface area contributed by atoms with Crippen LogP contribution in [-0.4, -0.2) is 16.8 Å². The number of benzene rings is 2. The third-order valence-electron chi connectivity index (χ3n) is 3.52. The van der Waals surface area contributed by atoms with E-state index in [0.717, 1.165) is 11.4 Å². The van der Waals surface area contributed by atoms with Crippen molar-refractivity contribution in [2.75, 3.05) is 11.9 Å². The van der Waals surface area contributed by atoms with Crippen molar-refractivity contribution in [3.05, 3.63) is 59.7 Å². The highest BCUT2D eigenvalue weighted by Crippen LogP contribution is 2.61. The molecule has 0 radical (unpaired) electrons. The van der Waals surface area contributed by atoms with Gasteiger partial charge >= 0.3 is 7.60 Å². The Morgan fingerprint density at radius 1 is 0.947 bits per heavy atom. The zero-order valence-electron chi connectivity index (χ0n) is 10.4. The number of hydrogen-bond acceptors (Lipinski definition) is 2. The predicted octanol–water partition coefficient (Wildman–Crippen LogP) is 3.04. The molecule has 0 amide bonds. The fourth-order valence-corrected chi connectivity index (χ4v) is 3.87. The van der Waals surface area contributed by atoms with Crippen molar-refractivity contribution in [2.24, 2.45) is 0 Å². The molecular formula is C14H14NO3P. The minimum absolute atomic E-state index is 0.678. The van der Waals surface area contributed by atoms with Crippen molar-refractivity contribution in [2.45, 2.75) is 5.66 Å². The molecule has 0 saturated heterocycles. The smallest absolute Gasteiger partial charge is 0.337 e. The third-order valence-corrected chi connectivity index (χ3v) is 4.75. The Kier molecular flexibility index (Phi) is 2.75. The van der Waals surface area contributed by atoms with Crippen LogP contribution in [0.1, 0.15) is 16.8 Å². The number of nitrogens with zero attached hydrogens (tertiary/aromatic N) is 1. The van der Waals surface area contributed by atoms with Crippen LogP contribution in [0, 0.1) is 0 Å². The molecule has 0 bridgehead atoms. The van der Waals surface area contributed by atoms with E-state index >= 15 is 0 Å². The molecule has 0 aromatic heterocycles. The molecule has 2 N–H and O–H groups in total. The van der Waals surface area contributed by atoms with Crippen LogP contribution < -0.4 is 4.90 Å². The molecule has 0 atom stereocenters. The van der Waals surface area contributed by atoms with Crippen molar-refractivity contribution in [1.29, 1.82) is 0 Å². The molecule has 0 unspecified atom stereocenters. The minimum Gasteiger partial charge on any atom is -0.344 e. The van der Waals surface area contributed by atoms with Gasteiger partial charge in [0.25, 0.3) is 0 Å². The monoisotopic (exact) mass is 275 g/mol. The summed E-state index contributed by atoms with van der Waals surface area (Å²) in [4.78, 5) is 21.4. The molecule has 2 aromatic carbocycles. The van der Waals surface area contributed by atoms with Crippen LogP contribution in [0.15, 0.2) is 48.5 Å². The maximum absolute atomic E-state index is 11.9. The standard InChI is InChI=1S/C14H14NO3P/c1-15-12-8-4-2-6-10(12)14(19(16,17)18)11-7-3-5-9-13(11)15/h2-9,14H,1H3,(H2,16,17,18). The van der Waals surface area contributed by atoms with E-state index in [1.54, 1.807) is 12.1 Å². The van der Waals surface area contributed by atoms with Crippen LogP contribution in [0.5, 0.6) is 0 Å². The van der Waals surface area contributed by atoms with Gasteiger partial charge in [-0.15, -0.1) is 0 Å². The Balaban J connectivity index is 2.33. The summed E-state index contributed by atoms with van der Waals surface area (Å²) in [6.07, 6.45) is 0. The van der Waals surface area contributed by atoms with Crippen LogP contribution in [0.2, 0.25) is 0 Å². The lowest BCUT2D eigenvalue weighted by Gasteiger charge is -2.35. The molecule has 4 nitrogen and oxygen atoms in total. The predicted molar refractivity (Wildman–Crippen MR) is 74.8 cm³/mol. The SMILES string of the molecule is CN1c2ccccc2C(P(=O)(O)O)c2ccccc21. The fraction of sp³-hybridized carbons (Fsp3) is 0.143. The van der Waals surface area contributed by atoms with Gasteiger partial charge in [0, 0.05) is 18.4 Å². The maximum atomic E-state index is 11.9. The van der Waals surface area contributed by atoms with Crippen LogP contribution >= 0.6 is 7.60 Å². The molecule has 0 aliphatic carbocycles. The average Bonchev–Trinajstić information content (AvgIpc) is 2.38. The topological polar surface area (TPSA) is 60.8 Å². The van der Waals surface area contributed by atoms with Gasteiger partial charge in [-0.1, -0.05) is 36.4 Å². The minimum atomic E-state index is -4.26. The van der Waals surface area contributed by atoms with Gasteiger partial charge in [0.05, 0.1) is 0 Å². The first-order valence-electron chi connectivity index (χ1n) is 5.97. The fourth-order valence-electron chi connectivity index (χ4n) is 2.71. The van der Waals surface area contributed by atoms with E-state index in [2.05, 4.69) is 0 Å². The summed E-state index contributed by atoms with van der Waals surface area (Å²) in [6.45, 7) is 0. The zero-order valence-corrected chi connectivity index (χ0v) is 11.3. The van der Waals surface area contributed by atoms with E-state index in [-0.39, 0.29) is 0 Å². The number of rotatable bonds is 1. The molecule has 5 heteroatoms. The van der Waals surface area contributed by atoms with Crippen molar-refractivity contribution in [1.82, 2.24) is 0 Å². The largest absolute Gasteiger partial charge is 0.344 e. The first kappa shape index (κ1) is 12.4. The second-order valence-electron chi connectivity index (χ2n) is 4.67. The van der Waals surface area contributed by atoms with Gasteiger partial charge in [-0.3, -0.25) is 4.57 Å². The second-order valence-corrected chi connectivity index (χ2v) is 6.36. The third kappa shape index (κ3) is 1.89. The first-order valence-corrected chi connectivity index (χ1v) is 7.65. The highest BCUT2D eigenvalue weighted by Gasteiger charge is 2.39. The van der Waals surface area contributed by atoms with Crippen LogP contribution in [-0.2, 0) is 4.57 Å². The van der Waals surface area contributed by atoms with Crippen molar-refractivity contribution in [3.63, 3.8) is 0 Å². The van der Waals surface area contributed by atoms with Gasteiger partial charge in [0.15, 0.2) is 0 Å². The molecule has 0 fully saturated rings. The normalized spacial score (nSPS) is 15.0. The molecule has 1 heterocycles. The van der Waals surface area contributed by atoms with Crippen LogP contribution in [0.4, 0.5) is 11.4 Å². The highest BCUT2D eigenvalue weighted by atomic mass is 31.2. The van der Waals surface area contributed by atoms with Crippen molar-refractivity contribution >= 4 is 19.0 Å². The first-order chi connectivity index (χ1) is 9.00. The molecule has 98 valence electrons. The number of anilines is 2. The summed E-state index contributed by atoms with van der Waals surface area (Å²) in [6, 6.07) is 14.7. The zero-order chi connectivity index (χ0) is 13.6. The summed E-state index contributed by atoms with van der Waals surface area (Å²) in [5, 5.41) is 0. The van der Waals surface area contributed by atoms with E-state index in [1.807, 2.05) is 48.3 Å². The van der Waals surface area contributed by atoms with Crippen LogP contribution in [0.3, 0.4) is 0 Å². The summed E-state index contributed by atoms with van der Waals surface area (Å²) in [7, 11) is -2.35. The van der Waals surface area contributed by atoms with Crippen molar-refractivity contribution < 1.29 is 14.4 Å². The highest BCUT2D eigenvalue weighted by molar-refractivity contribution is 7.52. The van der Waals surface area contributed by atoms with Crippen LogP contribution in [0.25, 0.3) is 0 Å². The van der Waals surface area contributed by atoms with E-state index < -0.39 is 13.3 Å².